The van der Waals surface area contributed by atoms with Gasteiger partial charge in [0.2, 0.25) is 5.91 Å². The zero-order valence-electron chi connectivity index (χ0n) is 10.3. The third kappa shape index (κ3) is 5.14. The van der Waals surface area contributed by atoms with Crippen molar-refractivity contribution in [3.05, 3.63) is 0 Å². The Bertz CT molecular complexity index is 214. The first-order valence-electron chi connectivity index (χ1n) is 5.68. The van der Waals surface area contributed by atoms with E-state index in [0.717, 1.165) is 6.42 Å². The van der Waals surface area contributed by atoms with Crippen LogP contribution in [0.5, 0.6) is 0 Å². The standard InChI is InChI=1S/C11H22N2O2.ClH/c1-8(12)4-5-11(14)13-6-9(2)15-10(3)7-13;/h8-10H,4-7,12H2,1-3H3;1H. The van der Waals surface area contributed by atoms with E-state index in [-0.39, 0.29) is 36.6 Å². The maximum atomic E-state index is 11.8. The van der Waals surface area contributed by atoms with Crippen LogP contribution in [0.15, 0.2) is 0 Å². The average Bonchev–Trinajstić information content (AvgIpc) is 2.12. The second kappa shape index (κ2) is 7.09. The molecule has 0 aromatic carbocycles. The second-order valence-corrected chi connectivity index (χ2v) is 4.57. The number of halogens is 1. The van der Waals surface area contributed by atoms with Gasteiger partial charge in [0.25, 0.3) is 0 Å². The molecule has 3 atom stereocenters. The van der Waals surface area contributed by atoms with Gasteiger partial charge in [-0.1, -0.05) is 0 Å². The molecule has 16 heavy (non-hydrogen) atoms. The molecule has 0 radical (unpaired) electrons. The highest BCUT2D eigenvalue weighted by Crippen LogP contribution is 2.12. The number of carbonyl (C=O) groups is 1. The molecule has 96 valence electrons. The van der Waals surface area contributed by atoms with Crippen molar-refractivity contribution in [1.29, 1.82) is 0 Å². The summed E-state index contributed by atoms with van der Waals surface area (Å²) in [6.45, 7) is 7.35. The molecule has 1 saturated heterocycles. The lowest BCUT2D eigenvalue weighted by Gasteiger charge is -2.35. The van der Waals surface area contributed by atoms with E-state index in [1.165, 1.54) is 0 Å². The van der Waals surface area contributed by atoms with Gasteiger partial charge < -0.3 is 15.4 Å². The van der Waals surface area contributed by atoms with Crippen LogP contribution >= 0.6 is 12.4 Å². The van der Waals surface area contributed by atoms with Gasteiger partial charge in [0.15, 0.2) is 0 Å². The highest BCUT2D eigenvalue weighted by molar-refractivity contribution is 5.85. The van der Waals surface area contributed by atoms with Crippen LogP contribution < -0.4 is 5.73 Å². The summed E-state index contributed by atoms with van der Waals surface area (Å²) in [5.41, 5.74) is 5.63. The first-order valence-corrected chi connectivity index (χ1v) is 5.68. The van der Waals surface area contributed by atoms with Crippen LogP contribution in [0, 0.1) is 0 Å². The molecule has 1 fully saturated rings. The third-order valence-electron chi connectivity index (χ3n) is 2.59. The molecule has 1 aliphatic rings. The second-order valence-electron chi connectivity index (χ2n) is 4.57. The molecule has 4 nitrogen and oxygen atoms in total. The van der Waals surface area contributed by atoms with Crippen molar-refractivity contribution in [3.8, 4) is 0 Å². The number of carbonyl (C=O) groups excluding carboxylic acids is 1. The van der Waals surface area contributed by atoms with Crippen molar-refractivity contribution in [1.82, 2.24) is 4.90 Å². The van der Waals surface area contributed by atoms with E-state index < -0.39 is 0 Å². The highest BCUT2D eigenvalue weighted by Gasteiger charge is 2.25. The molecule has 0 aromatic heterocycles. The smallest absolute Gasteiger partial charge is 0.222 e. The van der Waals surface area contributed by atoms with E-state index in [0.29, 0.717) is 19.5 Å². The quantitative estimate of drug-likeness (QED) is 0.818. The van der Waals surface area contributed by atoms with Gasteiger partial charge in [-0.3, -0.25) is 4.79 Å². The molecule has 1 heterocycles. The zero-order chi connectivity index (χ0) is 11.4. The van der Waals surface area contributed by atoms with Crippen LogP contribution in [0.2, 0.25) is 0 Å². The Hall–Kier alpha value is -0.320. The van der Waals surface area contributed by atoms with E-state index >= 15 is 0 Å². The fraction of sp³-hybridized carbons (Fsp3) is 0.909. The van der Waals surface area contributed by atoms with Gasteiger partial charge in [0.1, 0.15) is 0 Å². The van der Waals surface area contributed by atoms with Gasteiger partial charge in [0, 0.05) is 25.6 Å². The first-order chi connectivity index (χ1) is 6.99. The number of hydrogen-bond acceptors (Lipinski definition) is 3. The largest absolute Gasteiger partial charge is 0.372 e. The predicted octanol–water partition coefficient (Wildman–Crippen LogP) is 1.17. The van der Waals surface area contributed by atoms with Crippen molar-refractivity contribution in [3.63, 3.8) is 0 Å². The Balaban J connectivity index is 0.00000225. The monoisotopic (exact) mass is 250 g/mol. The molecule has 0 spiro atoms. The summed E-state index contributed by atoms with van der Waals surface area (Å²) < 4.78 is 5.57. The molecule has 0 saturated carbocycles. The Kier molecular flexibility index (Phi) is 6.95. The molecule has 0 bridgehead atoms. The number of nitrogens with two attached hydrogens (primary N) is 1. The summed E-state index contributed by atoms with van der Waals surface area (Å²) in [6, 6.07) is 0.102. The summed E-state index contributed by atoms with van der Waals surface area (Å²) in [7, 11) is 0. The van der Waals surface area contributed by atoms with Gasteiger partial charge in [-0.25, -0.2) is 0 Å². The zero-order valence-corrected chi connectivity index (χ0v) is 11.1. The molecule has 1 rings (SSSR count). The Morgan fingerprint density at radius 2 is 1.94 bits per heavy atom. The number of rotatable bonds is 3. The first kappa shape index (κ1) is 15.7. The van der Waals surface area contributed by atoms with Crippen molar-refractivity contribution < 1.29 is 9.53 Å². The lowest BCUT2D eigenvalue weighted by molar-refractivity contribution is -0.143. The van der Waals surface area contributed by atoms with Gasteiger partial charge in [-0.15, -0.1) is 12.4 Å². The minimum Gasteiger partial charge on any atom is -0.372 e. The summed E-state index contributed by atoms with van der Waals surface area (Å²) in [5.74, 6) is 0.203. The molecule has 2 N–H and O–H groups in total. The van der Waals surface area contributed by atoms with Crippen molar-refractivity contribution >= 4 is 18.3 Å². The highest BCUT2D eigenvalue weighted by atomic mass is 35.5. The van der Waals surface area contributed by atoms with Crippen LogP contribution in [-0.4, -0.2) is 42.1 Å². The summed E-state index contributed by atoms with van der Waals surface area (Å²) >= 11 is 0. The average molecular weight is 251 g/mol. The Morgan fingerprint density at radius 3 is 2.38 bits per heavy atom. The fourth-order valence-corrected chi connectivity index (χ4v) is 1.89. The molecular formula is C11H23ClN2O2. The normalized spacial score (nSPS) is 27.1. The minimum absolute atomic E-state index is 0. The summed E-state index contributed by atoms with van der Waals surface area (Å²) in [6.07, 6.45) is 1.61. The van der Waals surface area contributed by atoms with Gasteiger partial charge >= 0.3 is 0 Å². The van der Waals surface area contributed by atoms with Gasteiger partial charge in [-0.2, -0.15) is 0 Å². The molecular weight excluding hydrogens is 228 g/mol. The molecule has 1 aliphatic heterocycles. The van der Waals surface area contributed by atoms with Gasteiger partial charge in [0.05, 0.1) is 12.2 Å². The number of hydrogen-bond donors (Lipinski definition) is 1. The molecule has 3 unspecified atom stereocenters. The molecule has 5 heteroatoms. The topological polar surface area (TPSA) is 55.6 Å². The van der Waals surface area contributed by atoms with E-state index in [4.69, 9.17) is 10.5 Å². The van der Waals surface area contributed by atoms with Crippen LogP contribution in [0.3, 0.4) is 0 Å². The van der Waals surface area contributed by atoms with Crippen molar-refractivity contribution in [2.24, 2.45) is 5.73 Å². The summed E-state index contributed by atoms with van der Waals surface area (Å²) in [4.78, 5) is 13.7. The third-order valence-corrected chi connectivity index (χ3v) is 2.59. The van der Waals surface area contributed by atoms with E-state index in [1.807, 2.05) is 25.7 Å². The number of amides is 1. The van der Waals surface area contributed by atoms with Crippen LogP contribution in [0.4, 0.5) is 0 Å². The number of nitrogens with zero attached hydrogens (tertiary/aromatic N) is 1. The van der Waals surface area contributed by atoms with Crippen LogP contribution in [-0.2, 0) is 9.53 Å². The fourth-order valence-electron chi connectivity index (χ4n) is 1.89. The lowest BCUT2D eigenvalue weighted by Crippen LogP contribution is -2.48. The van der Waals surface area contributed by atoms with Crippen molar-refractivity contribution in [2.45, 2.75) is 51.9 Å². The summed E-state index contributed by atoms with van der Waals surface area (Å²) in [5, 5.41) is 0. The maximum absolute atomic E-state index is 11.8. The Labute approximate surface area is 104 Å². The predicted molar refractivity (Wildman–Crippen MR) is 66.7 cm³/mol. The van der Waals surface area contributed by atoms with E-state index in [2.05, 4.69) is 0 Å². The van der Waals surface area contributed by atoms with Gasteiger partial charge in [-0.05, 0) is 27.2 Å². The van der Waals surface area contributed by atoms with E-state index in [9.17, 15) is 4.79 Å². The SMILES string of the molecule is CC(N)CCC(=O)N1CC(C)OC(C)C1.Cl. The molecule has 0 aromatic rings. The lowest BCUT2D eigenvalue weighted by atomic mass is 10.1. The number of morpholine rings is 1. The number of ether oxygens (including phenoxy) is 1. The van der Waals surface area contributed by atoms with Crippen LogP contribution in [0.1, 0.15) is 33.6 Å². The maximum Gasteiger partial charge on any atom is 0.222 e. The van der Waals surface area contributed by atoms with Crippen molar-refractivity contribution in [2.75, 3.05) is 13.1 Å². The minimum atomic E-state index is 0. The van der Waals surface area contributed by atoms with Crippen LogP contribution in [0.25, 0.3) is 0 Å². The Morgan fingerprint density at radius 1 is 1.44 bits per heavy atom. The van der Waals surface area contributed by atoms with E-state index in [1.54, 1.807) is 0 Å². The molecule has 1 amide bonds. The molecule has 0 aliphatic carbocycles.